The van der Waals surface area contributed by atoms with Crippen molar-refractivity contribution in [3.05, 3.63) is 33.5 Å². The third-order valence-corrected chi connectivity index (χ3v) is 3.69. The SMILES string of the molecule is O=C(c1c(Br)ccc(C(F)(F)F)c1F)N1CC[C@@H](F)C1. The minimum absolute atomic E-state index is 0.0577. The van der Waals surface area contributed by atoms with Crippen LogP contribution in [0.15, 0.2) is 16.6 Å². The van der Waals surface area contributed by atoms with E-state index in [-0.39, 0.29) is 24.0 Å². The number of carbonyl (C=O) groups excluding carboxylic acids is 1. The summed E-state index contributed by atoms with van der Waals surface area (Å²) in [6, 6.07) is 1.51. The van der Waals surface area contributed by atoms with Gasteiger partial charge in [0.1, 0.15) is 12.0 Å². The first-order valence-electron chi connectivity index (χ1n) is 5.70. The van der Waals surface area contributed by atoms with Gasteiger partial charge < -0.3 is 4.90 Å². The van der Waals surface area contributed by atoms with Gasteiger partial charge in [0, 0.05) is 11.0 Å². The summed E-state index contributed by atoms with van der Waals surface area (Å²) in [5.74, 6) is -2.58. The summed E-state index contributed by atoms with van der Waals surface area (Å²) in [6.07, 6.45) is -6.02. The molecule has 1 aliphatic heterocycles. The average Bonchev–Trinajstić information content (AvgIpc) is 2.74. The van der Waals surface area contributed by atoms with Crippen molar-refractivity contribution in [2.75, 3.05) is 13.1 Å². The molecule has 1 amide bonds. The van der Waals surface area contributed by atoms with Crippen molar-refractivity contribution in [3.63, 3.8) is 0 Å². The molecule has 0 spiro atoms. The van der Waals surface area contributed by atoms with E-state index in [9.17, 15) is 26.7 Å². The molecule has 0 aromatic heterocycles. The quantitative estimate of drug-likeness (QED) is 0.700. The number of halogens is 6. The van der Waals surface area contributed by atoms with Crippen LogP contribution in [0.25, 0.3) is 0 Å². The Bertz CT molecular complexity index is 545. The zero-order valence-corrected chi connectivity index (χ0v) is 11.6. The van der Waals surface area contributed by atoms with Crippen LogP contribution in [-0.2, 0) is 6.18 Å². The van der Waals surface area contributed by atoms with E-state index in [0.717, 1.165) is 11.0 Å². The molecule has 0 N–H and O–H groups in total. The molecule has 2 nitrogen and oxygen atoms in total. The smallest absolute Gasteiger partial charge is 0.335 e. The van der Waals surface area contributed by atoms with Crippen molar-refractivity contribution < 1.29 is 26.7 Å². The van der Waals surface area contributed by atoms with Crippen molar-refractivity contribution in [1.29, 1.82) is 0 Å². The standard InChI is InChI=1S/C12H9BrF5NO/c13-8-2-1-7(12(16,17)18)10(15)9(8)11(20)19-4-3-6(14)5-19/h1-2,6H,3-5H2/t6-/m1/s1. The molecule has 1 atom stereocenters. The fourth-order valence-electron chi connectivity index (χ4n) is 2.03. The molecule has 1 saturated heterocycles. The normalized spacial score (nSPS) is 19.5. The first-order chi connectivity index (χ1) is 9.21. The van der Waals surface area contributed by atoms with Crippen LogP contribution in [0.1, 0.15) is 22.3 Å². The van der Waals surface area contributed by atoms with Crippen LogP contribution in [0.5, 0.6) is 0 Å². The predicted octanol–water partition coefficient (Wildman–Crippen LogP) is 3.79. The second-order valence-electron chi connectivity index (χ2n) is 4.42. The van der Waals surface area contributed by atoms with E-state index >= 15 is 0 Å². The molecule has 0 radical (unpaired) electrons. The molecule has 0 unspecified atom stereocenters. The first kappa shape index (κ1) is 15.2. The van der Waals surface area contributed by atoms with Crippen LogP contribution in [0.2, 0.25) is 0 Å². The van der Waals surface area contributed by atoms with Crippen LogP contribution < -0.4 is 0 Å². The van der Waals surface area contributed by atoms with Crippen molar-refractivity contribution in [2.24, 2.45) is 0 Å². The topological polar surface area (TPSA) is 20.3 Å². The number of hydrogen-bond donors (Lipinski definition) is 0. The highest BCUT2D eigenvalue weighted by atomic mass is 79.9. The van der Waals surface area contributed by atoms with Crippen LogP contribution >= 0.6 is 15.9 Å². The second kappa shape index (κ2) is 5.31. The molecule has 8 heteroatoms. The van der Waals surface area contributed by atoms with Gasteiger partial charge in [0.2, 0.25) is 0 Å². The summed E-state index contributed by atoms with van der Waals surface area (Å²) in [7, 11) is 0. The predicted molar refractivity (Wildman–Crippen MR) is 64.5 cm³/mol. The zero-order valence-electron chi connectivity index (χ0n) is 9.98. The fourth-order valence-corrected chi connectivity index (χ4v) is 2.50. The number of rotatable bonds is 1. The Labute approximate surface area is 119 Å². The zero-order chi connectivity index (χ0) is 15.1. The Kier molecular flexibility index (Phi) is 4.04. The number of carbonyl (C=O) groups is 1. The lowest BCUT2D eigenvalue weighted by Gasteiger charge is -2.18. The second-order valence-corrected chi connectivity index (χ2v) is 5.27. The van der Waals surface area contributed by atoms with E-state index < -0.39 is 35.2 Å². The molecule has 1 fully saturated rings. The van der Waals surface area contributed by atoms with Gasteiger partial charge in [-0.1, -0.05) is 0 Å². The van der Waals surface area contributed by atoms with Crippen molar-refractivity contribution in [2.45, 2.75) is 18.8 Å². The third kappa shape index (κ3) is 2.79. The van der Waals surface area contributed by atoms with Crippen LogP contribution in [-0.4, -0.2) is 30.1 Å². The van der Waals surface area contributed by atoms with E-state index in [1.54, 1.807) is 0 Å². The number of hydrogen-bond acceptors (Lipinski definition) is 1. The van der Waals surface area contributed by atoms with E-state index in [0.29, 0.717) is 6.07 Å². The molecule has 1 aliphatic rings. The molecule has 0 saturated carbocycles. The highest BCUT2D eigenvalue weighted by molar-refractivity contribution is 9.10. The molecular formula is C12H9BrF5NO. The van der Waals surface area contributed by atoms with Gasteiger partial charge in [0.25, 0.3) is 5.91 Å². The molecule has 110 valence electrons. The maximum atomic E-state index is 13.9. The van der Waals surface area contributed by atoms with Crippen LogP contribution in [0.4, 0.5) is 22.0 Å². The summed E-state index contributed by atoms with van der Waals surface area (Å²) in [6.45, 7) is -0.177. The Morgan fingerprint density at radius 3 is 2.50 bits per heavy atom. The highest BCUT2D eigenvalue weighted by Crippen LogP contribution is 2.35. The minimum atomic E-state index is -4.90. The van der Waals surface area contributed by atoms with E-state index in [2.05, 4.69) is 15.9 Å². The number of alkyl halides is 4. The lowest BCUT2D eigenvalue weighted by Crippen LogP contribution is -2.30. The van der Waals surface area contributed by atoms with E-state index in [1.165, 1.54) is 0 Å². The van der Waals surface area contributed by atoms with Crippen molar-refractivity contribution in [3.8, 4) is 0 Å². The Morgan fingerprint density at radius 1 is 1.35 bits per heavy atom. The van der Waals surface area contributed by atoms with Gasteiger partial charge in [-0.05, 0) is 34.5 Å². The summed E-state index contributed by atoms with van der Waals surface area (Å²) >= 11 is 2.86. The largest absolute Gasteiger partial charge is 0.419 e. The average molecular weight is 358 g/mol. The minimum Gasteiger partial charge on any atom is -0.335 e. The van der Waals surface area contributed by atoms with Gasteiger partial charge in [0.15, 0.2) is 0 Å². The molecular weight excluding hydrogens is 349 g/mol. The van der Waals surface area contributed by atoms with Gasteiger partial charge in [-0.15, -0.1) is 0 Å². The monoisotopic (exact) mass is 357 g/mol. The lowest BCUT2D eigenvalue weighted by molar-refractivity contribution is -0.140. The number of amides is 1. The molecule has 1 aromatic rings. The van der Waals surface area contributed by atoms with E-state index in [1.807, 2.05) is 0 Å². The molecule has 0 aliphatic carbocycles. The van der Waals surface area contributed by atoms with Gasteiger partial charge in [-0.25, -0.2) is 8.78 Å². The number of nitrogens with zero attached hydrogens (tertiary/aromatic N) is 1. The molecule has 20 heavy (non-hydrogen) atoms. The maximum absolute atomic E-state index is 13.9. The van der Waals surface area contributed by atoms with E-state index in [4.69, 9.17) is 0 Å². The van der Waals surface area contributed by atoms with Gasteiger partial charge in [-0.3, -0.25) is 4.79 Å². The lowest BCUT2D eigenvalue weighted by atomic mass is 10.1. The first-order valence-corrected chi connectivity index (χ1v) is 6.49. The van der Waals surface area contributed by atoms with Gasteiger partial charge in [-0.2, -0.15) is 13.2 Å². The Balaban J connectivity index is 2.43. The van der Waals surface area contributed by atoms with Gasteiger partial charge in [0.05, 0.1) is 17.7 Å². The van der Waals surface area contributed by atoms with Crippen LogP contribution in [0.3, 0.4) is 0 Å². The molecule has 1 aromatic carbocycles. The van der Waals surface area contributed by atoms with Crippen molar-refractivity contribution in [1.82, 2.24) is 4.90 Å². The highest BCUT2D eigenvalue weighted by Gasteiger charge is 2.38. The molecule has 2 rings (SSSR count). The van der Waals surface area contributed by atoms with Crippen LogP contribution in [0, 0.1) is 5.82 Å². The summed E-state index contributed by atoms with van der Waals surface area (Å²) < 4.78 is 64.8. The summed E-state index contributed by atoms with van der Waals surface area (Å²) in [5.41, 5.74) is -2.23. The third-order valence-electron chi connectivity index (χ3n) is 3.03. The summed E-state index contributed by atoms with van der Waals surface area (Å²) in [5, 5.41) is 0. The van der Waals surface area contributed by atoms with Crippen molar-refractivity contribution >= 4 is 21.8 Å². The fraction of sp³-hybridized carbons (Fsp3) is 0.417. The number of likely N-dealkylation sites (tertiary alicyclic amines) is 1. The Morgan fingerprint density at radius 2 is 2.00 bits per heavy atom. The maximum Gasteiger partial charge on any atom is 0.419 e. The summed E-state index contributed by atoms with van der Waals surface area (Å²) in [4.78, 5) is 13.0. The van der Waals surface area contributed by atoms with Gasteiger partial charge >= 0.3 is 6.18 Å². The Hall–Kier alpha value is -1.18. The number of benzene rings is 1. The molecule has 0 bridgehead atoms. The molecule has 1 heterocycles.